The number of aromatic nitrogens is 4. The minimum atomic E-state index is -4.28. The lowest BCUT2D eigenvalue weighted by atomic mass is 9.87. The van der Waals surface area contributed by atoms with Crippen LogP contribution in [0.25, 0.3) is 11.3 Å². The van der Waals surface area contributed by atoms with Gasteiger partial charge in [-0.15, -0.1) is 0 Å². The minimum Gasteiger partial charge on any atom is -0.475 e. The summed E-state index contributed by atoms with van der Waals surface area (Å²) in [7, 11) is -2.24. The molecule has 0 unspecified atom stereocenters. The van der Waals surface area contributed by atoms with Gasteiger partial charge in [-0.25, -0.2) is 14.7 Å². The van der Waals surface area contributed by atoms with Crippen LogP contribution in [0.3, 0.4) is 0 Å². The molecule has 4 bridgehead atoms. The molecule has 3 aromatic heterocycles. The predicted molar refractivity (Wildman–Crippen MR) is 192 cm³/mol. The number of rotatable bonds is 6. The summed E-state index contributed by atoms with van der Waals surface area (Å²) in [6, 6.07) is 15.5. The molecule has 5 rings (SSSR count). The summed E-state index contributed by atoms with van der Waals surface area (Å²) in [5, 5.41) is -0.321. The number of anilines is 2. The summed E-state index contributed by atoms with van der Waals surface area (Å²) in [6.07, 6.45) is 2.39. The maximum atomic E-state index is 14.4. The monoisotopic (exact) mass is 685 g/mol. The van der Waals surface area contributed by atoms with E-state index in [1.54, 1.807) is 11.0 Å². The van der Waals surface area contributed by atoms with Gasteiger partial charge in [-0.1, -0.05) is 65.8 Å². The first-order chi connectivity index (χ1) is 22.9. The number of hydrogen-bond acceptors (Lipinski definition) is 9. The zero-order valence-electron chi connectivity index (χ0n) is 29.9. The van der Waals surface area contributed by atoms with Gasteiger partial charge in [-0.05, 0) is 66.5 Å². The van der Waals surface area contributed by atoms with Gasteiger partial charge in [0.15, 0.2) is 5.03 Å². The molecule has 260 valence electrons. The van der Waals surface area contributed by atoms with Gasteiger partial charge in [-0.3, -0.25) is 9.78 Å². The van der Waals surface area contributed by atoms with Crippen LogP contribution in [0.1, 0.15) is 75.3 Å². The van der Waals surface area contributed by atoms with Crippen LogP contribution < -0.4 is 14.4 Å². The summed E-state index contributed by atoms with van der Waals surface area (Å²) >= 11 is 0. The molecule has 4 aromatic rings. The molecule has 1 aliphatic heterocycles. The molecule has 1 amide bonds. The standard InChI is InChI=1S/C37H47N7O4S/c1-24-12-10-13-25(2)33(24)30-18-31-41-35(40-30)42-49(46,47)32-15-11-14-29(39-32)34(45)44(28(22-48-31)19-36(3,4)5)21-26-16-17-27(20-38-26)43(9)23-37(6,7)8/h10-18,20,28H,19,21-23H2,1-9H3,(H,40,41,42)/t28-/m1/s1. The summed E-state index contributed by atoms with van der Waals surface area (Å²) in [5.74, 6) is -0.406. The smallest absolute Gasteiger partial charge is 0.281 e. The Morgan fingerprint density at radius 2 is 1.61 bits per heavy atom. The first kappa shape index (κ1) is 35.7. The van der Waals surface area contributed by atoms with Crippen LogP contribution >= 0.6 is 0 Å². The van der Waals surface area contributed by atoms with Crippen LogP contribution in [0, 0.1) is 24.7 Å². The third-order valence-corrected chi connectivity index (χ3v) is 9.38. The number of sulfonamides is 1. The molecular weight excluding hydrogens is 639 g/mol. The normalized spacial score (nSPS) is 16.5. The van der Waals surface area contributed by atoms with E-state index in [9.17, 15) is 13.2 Å². The molecule has 0 aliphatic carbocycles. The molecule has 1 aliphatic rings. The summed E-state index contributed by atoms with van der Waals surface area (Å²) in [4.78, 5) is 36.4. The number of carbonyl (C=O) groups excluding carboxylic acids is 1. The molecule has 0 spiro atoms. The highest BCUT2D eigenvalue weighted by molar-refractivity contribution is 7.92. The van der Waals surface area contributed by atoms with Gasteiger partial charge >= 0.3 is 0 Å². The van der Waals surface area contributed by atoms with E-state index in [1.807, 2.05) is 57.4 Å². The molecule has 12 heteroatoms. The van der Waals surface area contributed by atoms with E-state index in [1.165, 1.54) is 18.2 Å². The van der Waals surface area contributed by atoms with E-state index >= 15 is 0 Å². The number of fused-ring (bicyclic) bond motifs is 4. The SMILES string of the molecule is Cc1cccc(C)c1-c1cc2nc(n1)NS(=O)(=O)c1cccc(n1)C(=O)N(Cc1ccc(N(C)CC(C)(C)C)cn1)[C@H](CC(C)(C)C)CO2. The zero-order valence-corrected chi connectivity index (χ0v) is 30.7. The first-order valence-electron chi connectivity index (χ1n) is 16.4. The molecule has 49 heavy (non-hydrogen) atoms. The Balaban J connectivity index is 1.61. The molecule has 0 saturated carbocycles. The van der Waals surface area contributed by atoms with E-state index in [4.69, 9.17) is 9.72 Å². The molecular formula is C37H47N7O4S. The lowest BCUT2D eigenvalue weighted by molar-refractivity contribution is 0.0503. The number of pyridine rings is 2. The van der Waals surface area contributed by atoms with Gasteiger partial charge in [0.2, 0.25) is 11.8 Å². The van der Waals surface area contributed by atoms with Gasteiger partial charge in [0.1, 0.15) is 12.3 Å². The fourth-order valence-corrected chi connectivity index (χ4v) is 7.03. The molecule has 0 radical (unpaired) electrons. The van der Waals surface area contributed by atoms with Crippen molar-refractivity contribution in [2.24, 2.45) is 10.8 Å². The van der Waals surface area contributed by atoms with Crippen molar-refractivity contribution in [2.75, 3.05) is 29.8 Å². The van der Waals surface area contributed by atoms with Crippen molar-refractivity contribution < 1.29 is 17.9 Å². The number of amides is 1. The van der Waals surface area contributed by atoms with Crippen LogP contribution in [-0.2, 0) is 16.6 Å². The van der Waals surface area contributed by atoms with Gasteiger partial charge < -0.3 is 14.5 Å². The zero-order chi connectivity index (χ0) is 35.7. The fourth-order valence-electron chi connectivity index (χ4n) is 6.12. The van der Waals surface area contributed by atoms with Crippen molar-refractivity contribution in [3.05, 3.63) is 83.3 Å². The number of nitrogens with one attached hydrogen (secondary N) is 1. The van der Waals surface area contributed by atoms with Crippen LogP contribution in [0.2, 0.25) is 0 Å². The number of nitrogens with zero attached hydrogens (tertiary/aromatic N) is 6. The Bertz CT molecular complexity index is 1910. The van der Waals surface area contributed by atoms with Gasteiger partial charge in [0.25, 0.3) is 15.9 Å². The average Bonchev–Trinajstić information content (AvgIpc) is 3.00. The third kappa shape index (κ3) is 8.91. The lowest BCUT2D eigenvalue weighted by Gasteiger charge is -2.35. The van der Waals surface area contributed by atoms with Crippen molar-refractivity contribution in [1.82, 2.24) is 24.8 Å². The van der Waals surface area contributed by atoms with Gasteiger partial charge in [-0.2, -0.15) is 13.4 Å². The Morgan fingerprint density at radius 3 is 2.24 bits per heavy atom. The highest BCUT2D eigenvalue weighted by atomic mass is 32.2. The molecule has 4 heterocycles. The summed E-state index contributed by atoms with van der Waals surface area (Å²) < 4.78 is 36.1. The topological polar surface area (TPSA) is 131 Å². The van der Waals surface area contributed by atoms with Gasteiger partial charge in [0, 0.05) is 25.2 Å². The number of benzene rings is 1. The van der Waals surface area contributed by atoms with Crippen molar-refractivity contribution in [2.45, 2.75) is 79.4 Å². The molecule has 11 nitrogen and oxygen atoms in total. The summed E-state index contributed by atoms with van der Waals surface area (Å²) in [6.45, 7) is 17.9. The number of hydrogen-bond donors (Lipinski definition) is 1. The summed E-state index contributed by atoms with van der Waals surface area (Å²) in [5.41, 5.74) is 4.84. The predicted octanol–water partition coefficient (Wildman–Crippen LogP) is 6.67. The number of carbonyl (C=O) groups is 1. The Morgan fingerprint density at radius 1 is 0.918 bits per heavy atom. The van der Waals surface area contributed by atoms with E-state index in [-0.39, 0.29) is 46.5 Å². The van der Waals surface area contributed by atoms with E-state index in [0.717, 1.165) is 28.9 Å². The largest absolute Gasteiger partial charge is 0.475 e. The van der Waals surface area contributed by atoms with Gasteiger partial charge in [0.05, 0.1) is 35.9 Å². The first-order valence-corrected chi connectivity index (χ1v) is 17.9. The average molecular weight is 686 g/mol. The van der Waals surface area contributed by atoms with E-state index in [2.05, 4.69) is 66.1 Å². The van der Waals surface area contributed by atoms with Crippen LogP contribution in [-0.4, -0.2) is 65.4 Å². The Kier molecular flexibility index (Phi) is 10.0. The van der Waals surface area contributed by atoms with E-state index in [0.29, 0.717) is 17.8 Å². The third-order valence-electron chi connectivity index (χ3n) is 8.15. The van der Waals surface area contributed by atoms with Crippen molar-refractivity contribution >= 4 is 27.6 Å². The molecule has 1 N–H and O–H groups in total. The highest BCUT2D eigenvalue weighted by Gasteiger charge is 2.32. The van der Waals surface area contributed by atoms with Crippen molar-refractivity contribution in [3.63, 3.8) is 0 Å². The quantitative estimate of drug-likeness (QED) is 0.236. The second kappa shape index (κ2) is 13.7. The molecule has 0 fully saturated rings. The Labute approximate surface area is 290 Å². The molecule has 1 aromatic carbocycles. The highest BCUT2D eigenvalue weighted by Crippen LogP contribution is 2.31. The lowest BCUT2D eigenvalue weighted by Crippen LogP contribution is -2.45. The Hall–Kier alpha value is -4.58. The van der Waals surface area contributed by atoms with Crippen LogP contribution in [0.15, 0.2) is 65.8 Å². The van der Waals surface area contributed by atoms with Crippen LogP contribution in [0.4, 0.5) is 11.6 Å². The minimum absolute atomic E-state index is 0.00795. The van der Waals surface area contributed by atoms with Crippen molar-refractivity contribution in [3.8, 4) is 17.1 Å². The second-order valence-electron chi connectivity index (χ2n) is 15.2. The maximum Gasteiger partial charge on any atom is 0.281 e. The maximum absolute atomic E-state index is 14.4. The molecule has 0 saturated heterocycles. The van der Waals surface area contributed by atoms with Crippen LogP contribution in [0.5, 0.6) is 5.88 Å². The van der Waals surface area contributed by atoms with Crippen molar-refractivity contribution in [1.29, 1.82) is 0 Å². The molecule has 1 atom stereocenters. The number of ether oxygens (including phenoxy) is 1. The van der Waals surface area contributed by atoms with E-state index < -0.39 is 22.0 Å². The second-order valence-corrected chi connectivity index (χ2v) is 16.9. The fraction of sp³-hybridized carbons (Fsp3) is 0.432. The number of aryl methyl sites for hydroxylation is 2.